The standard InChI is InChI=1S/C12H17N7O/c13-9-16-10(14-8-12(20)4-1-2-5-12)18-11(17-9)19-7-3-6-15-19/h3,6-7,20H,1-2,4-5,8H2,(H3,13,14,16,17,18). The summed E-state index contributed by atoms with van der Waals surface area (Å²) < 4.78 is 1.51. The Balaban J connectivity index is 1.76. The summed E-state index contributed by atoms with van der Waals surface area (Å²) in [7, 11) is 0. The largest absolute Gasteiger partial charge is 0.388 e. The third-order valence-corrected chi connectivity index (χ3v) is 3.46. The maximum absolute atomic E-state index is 10.3. The van der Waals surface area contributed by atoms with Crippen molar-refractivity contribution in [2.24, 2.45) is 0 Å². The minimum Gasteiger partial charge on any atom is -0.388 e. The van der Waals surface area contributed by atoms with Crippen LogP contribution >= 0.6 is 0 Å². The Bertz CT molecular complexity index is 577. The third kappa shape index (κ3) is 2.69. The number of hydrogen-bond donors (Lipinski definition) is 3. The summed E-state index contributed by atoms with van der Waals surface area (Å²) in [6.45, 7) is 0.412. The van der Waals surface area contributed by atoms with Crippen LogP contribution in [0.2, 0.25) is 0 Å². The predicted octanol–water partition coefficient (Wildman–Crippen LogP) is 0.356. The predicted molar refractivity (Wildman–Crippen MR) is 73.3 cm³/mol. The second-order valence-corrected chi connectivity index (χ2v) is 5.05. The molecule has 1 fully saturated rings. The number of nitrogens with two attached hydrogens (primary N) is 1. The molecule has 0 bridgehead atoms. The smallest absolute Gasteiger partial charge is 0.257 e. The molecule has 1 aliphatic carbocycles. The lowest BCUT2D eigenvalue weighted by molar-refractivity contribution is 0.0613. The normalized spacial score (nSPS) is 17.2. The van der Waals surface area contributed by atoms with Gasteiger partial charge in [-0.15, -0.1) is 0 Å². The van der Waals surface area contributed by atoms with Crippen molar-refractivity contribution in [2.45, 2.75) is 31.3 Å². The zero-order valence-corrected chi connectivity index (χ0v) is 11.0. The Hall–Kier alpha value is -2.22. The van der Waals surface area contributed by atoms with Crippen molar-refractivity contribution in [1.82, 2.24) is 24.7 Å². The molecule has 8 nitrogen and oxygen atoms in total. The van der Waals surface area contributed by atoms with Gasteiger partial charge in [0.05, 0.1) is 5.60 Å². The van der Waals surface area contributed by atoms with Gasteiger partial charge in [0.25, 0.3) is 5.95 Å². The summed E-state index contributed by atoms with van der Waals surface area (Å²) in [5.74, 6) is 0.818. The molecule has 3 rings (SSSR count). The lowest BCUT2D eigenvalue weighted by atomic mass is 10.0. The van der Waals surface area contributed by atoms with Gasteiger partial charge in [-0.25, -0.2) is 4.68 Å². The summed E-state index contributed by atoms with van der Waals surface area (Å²) in [5.41, 5.74) is 5.00. The van der Waals surface area contributed by atoms with Gasteiger partial charge in [-0.2, -0.15) is 20.1 Å². The van der Waals surface area contributed by atoms with Gasteiger partial charge >= 0.3 is 0 Å². The van der Waals surface area contributed by atoms with E-state index >= 15 is 0 Å². The minimum absolute atomic E-state index is 0.117. The zero-order chi connectivity index (χ0) is 14.0. The summed E-state index contributed by atoms with van der Waals surface area (Å²) in [6, 6.07) is 1.77. The Morgan fingerprint density at radius 1 is 1.30 bits per heavy atom. The van der Waals surface area contributed by atoms with Crippen LogP contribution in [-0.2, 0) is 0 Å². The summed E-state index contributed by atoms with van der Waals surface area (Å²) in [5, 5.41) is 17.4. The fourth-order valence-corrected chi connectivity index (χ4v) is 2.40. The highest BCUT2D eigenvalue weighted by Crippen LogP contribution is 2.29. The topological polar surface area (TPSA) is 115 Å². The molecular weight excluding hydrogens is 258 g/mol. The number of nitrogens with one attached hydrogen (secondary N) is 1. The second-order valence-electron chi connectivity index (χ2n) is 5.05. The number of hydrogen-bond acceptors (Lipinski definition) is 7. The van der Waals surface area contributed by atoms with E-state index in [-0.39, 0.29) is 5.95 Å². The Morgan fingerprint density at radius 3 is 2.80 bits per heavy atom. The molecule has 0 amide bonds. The molecule has 0 spiro atoms. The van der Waals surface area contributed by atoms with Crippen LogP contribution < -0.4 is 11.1 Å². The molecule has 0 aliphatic heterocycles. The average molecular weight is 275 g/mol. The van der Waals surface area contributed by atoms with Crippen molar-refractivity contribution in [1.29, 1.82) is 0 Å². The van der Waals surface area contributed by atoms with Crippen LogP contribution in [0.25, 0.3) is 5.95 Å². The highest BCUT2D eigenvalue weighted by atomic mass is 16.3. The molecule has 2 heterocycles. The monoisotopic (exact) mass is 275 g/mol. The highest BCUT2D eigenvalue weighted by molar-refractivity contribution is 5.35. The molecule has 0 radical (unpaired) electrons. The zero-order valence-electron chi connectivity index (χ0n) is 11.0. The van der Waals surface area contributed by atoms with E-state index in [0.717, 1.165) is 25.7 Å². The van der Waals surface area contributed by atoms with Gasteiger partial charge in [-0.1, -0.05) is 12.8 Å². The fraction of sp³-hybridized carbons (Fsp3) is 0.500. The number of nitrogen functional groups attached to an aromatic ring is 1. The van der Waals surface area contributed by atoms with Crippen molar-refractivity contribution in [2.75, 3.05) is 17.6 Å². The van der Waals surface area contributed by atoms with Gasteiger partial charge in [0.2, 0.25) is 11.9 Å². The van der Waals surface area contributed by atoms with Crippen LogP contribution in [0.1, 0.15) is 25.7 Å². The molecule has 1 aliphatic rings. The number of anilines is 2. The number of rotatable bonds is 4. The second kappa shape index (κ2) is 5.04. The molecule has 20 heavy (non-hydrogen) atoms. The third-order valence-electron chi connectivity index (χ3n) is 3.46. The Labute approximate surface area is 116 Å². The van der Waals surface area contributed by atoms with Crippen molar-refractivity contribution in [3.8, 4) is 5.95 Å². The lowest BCUT2D eigenvalue weighted by Gasteiger charge is -2.22. The maximum atomic E-state index is 10.3. The van der Waals surface area contributed by atoms with E-state index in [9.17, 15) is 5.11 Å². The van der Waals surface area contributed by atoms with Crippen LogP contribution in [0.4, 0.5) is 11.9 Å². The first-order valence-corrected chi connectivity index (χ1v) is 6.62. The minimum atomic E-state index is -0.673. The molecule has 8 heteroatoms. The average Bonchev–Trinajstić information content (AvgIpc) is 3.08. The van der Waals surface area contributed by atoms with Crippen molar-refractivity contribution < 1.29 is 5.11 Å². The Kier molecular flexibility index (Phi) is 3.23. The number of nitrogens with zero attached hydrogens (tertiary/aromatic N) is 5. The number of aliphatic hydroxyl groups is 1. The summed E-state index contributed by atoms with van der Waals surface area (Å²) in [4.78, 5) is 12.3. The fourth-order valence-electron chi connectivity index (χ4n) is 2.40. The van der Waals surface area contributed by atoms with E-state index in [1.165, 1.54) is 4.68 Å². The van der Waals surface area contributed by atoms with E-state index < -0.39 is 5.60 Å². The van der Waals surface area contributed by atoms with Crippen LogP contribution in [-0.4, -0.2) is 42.0 Å². The molecule has 2 aromatic heterocycles. The maximum Gasteiger partial charge on any atom is 0.257 e. The van der Waals surface area contributed by atoms with Crippen LogP contribution in [0.5, 0.6) is 0 Å². The van der Waals surface area contributed by atoms with Gasteiger partial charge in [-0.3, -0.25) is 0 Å². The van der Waals surface area contributed by atoms with E-state index in [0.29, 0.717) is 18.4 Å². The summed E-state index contributed by atoms with van der Waals surface area (Å²) >= 11 is 0. The lowest BCUT2D eigenvalue weighted by Crippen LogP contribution is -2.34. The molecule has 106 valence electrons. The van der Waals surface area contributed by atoms with Crippen molar-refractivity contribution in [3.05, 3.63) is 18.5 Å². The number of aromatic nitrogens is 5. The van der Waals surface area contributed by atoms with E-state index in [1.54, 1.807) is 18.5 Å². The molecule has 0 atom stereocenters. The van der Waals surface area contributed by atoms with Crippen LogP contribution in [0.3, 0.4) is 0 Å². The molecule has 0 aromatic carbocycles. The van der Waals surface area contributed by atoms with Gasteiger partial charge in [0.1, 0.15) is 0 Å². The van der Waals surface area contributed by atoms with E-state index in [1.807, 2.05) is 0 Å². The first-order chi connectivity index (χ1) is 9.65. The first kappa shape index (κ1) is 12.8. The van der Waals surface area contributed by atoms with Gasteiger partial charge < -0.3 is 16.2 Å². The van der Waals surface area contributed by atoms with Gasteiger partial charge in [-0.05, 0) is 18.9 Å². The van der Waals surface area contributed by atoms with Gasteiger partial charge in [0, 0.05) is 18.9 Å². The first-order valence-electron chi connectivity index (χ1n) is 6.62. The molecular formula is C12H17N7O. The molecule has 1 saturated carbocycles. The van der Waals surface area contributed by atoms with Crippen LogP contribution in [0, 0.1) is 0 Å². The Morgan fingerprint density at radius 2 is 2.10 bits per heavy atom. The quantitative estimate of drug-likeness (QED) is 0.737. The van der Waals surface area contributed by atoms with Crippen LogP contribution in [0.15, 0.2) is 18.5 Å². The molecule has 4 N–H and O–H groups in total. The van der Waals surface area contributed by atoms with E-state index in [4.69, 9.17) is 5.73 Å². The molecule has 0 unspecified atom stereocenters. The highest BCUT2D eigenvalue weighted by Gasteiger charge is 2.31. The summed E-state index contributed by atoms with van der Waals surface area (Å²) in [6.07, 6.45) is 7.06. The molecule has 0 saturated heterocycles. The van der Waals surface area contributed by atoms with Crippen molar-refractivity contribution >= 4 is 11.9 Å². The van der Waals surface area contributed by atoms with E-state index in [2.05, 4.69) is 25.4 Å². The molecule has 2 aromatic rings. The van der Waals surface area contributed by atoms with Gasteiger partial charge in [0.15, 0.2) is 0 Å². The SMILES string of the molecule is Nc1nc(NCC2(O)CCCC2)nc(-n2cccn2)n1. The van der Waals surface area contributed by atoms with Crippen molar-refractivity contribution in [3.63, 3.8) is 0 Å².